The van der Waals surface area contributed by atoms with Crippen LogP contribution in [0.4, 0.5) is 0 Å². The van der Waals surface area contributed by atoms with E-state index in [-0.39, 0.29) is 42.0 Å². The highest BCUT2D eigenvalue weighted by atomic mass is 16.2. The second-order valence-electron chi connectivity index (χ2n) is 11.2. The van der Waals surface area contributed by atoms with Crippen molar-refractivity contribution in [3.8, 4) is 6.07 Å². The topological polar surface area (TPSA) is 93.7 Å². The summed E-state index contributed by atoms with van der Waals surface area (Å²) >= 11 is 0. The Kier molecular flexibility index (Phi) is 4.99. The van der Waals surface area contributed by atoms with Gasteiger partial charge in [0.25, 0.3) is 0 Å². The maximum absolute atomic E-state index is 13.9. The van der Waals surface area contributed by atoms with Crippen molar-refractivity contribution in [3.05, 3.63) is 70.8 Å². The molecule has 2 aliphatic carbocycles. The quantitative estimate of drug-likeness (QED) is 0.721. The standard InChI is InChI=1S/C29H31N5O2/c30-14-20-11-19-12-25(19)33(20)28(35)24(31)16-32-15-21-13-26(32)29(36)34(21)27-22-7-3-1-5-17(22)9-10-18-6-2-4-8-23(18)27/h1-8,19-21,24-27H,9-13,15-16,31H2/t19?,20-,21+,24-,25-,26+/m0/s1. The molecule has 2 amide bonds. The molecular formula is C29H31N5O2. The zero-order valence-electron chi connectivity index (χ0n) is 20.3. The number of benzene rings is 2. The molecule has 0 spiro atoms. The summed E-state index contributed by atoms with van der Waals surface area (Å²) in [5.41, 5.74) is 11.5. The summed E-state index contributed by atoms with van der Waals surface area (Å²) in [7, 11) is 0. The molecule has 3 heterocycles. The van der Waals surface area contributed by atoms with Gasteiger partial charge in [0.1, 0.15) is 6.04 Å². The van der Waals surface area contributed by atoms with Gasteiger partial charge in [-0.3, -0.25) is 14.5 Å². The van der Waals surface area contributed by atoms with Gasteiger partial charge in [0.15, 0.2) is 0 Å². The first-order valence-electron chi connectivity index (χ1n) is 13.2. The lowest BCUT2D eigenvalue weighted by molar-refractivity contribution is -0.140. The number of hydrogen-bond acceptors (Lipinski definition) is 5. The van der Waals surface area contributed by atoms with Crippen LogP contribution < -0.4 is 5.73 Å². The largest absolute Gasteiger partial charge is 0.326 e. The number of piperidine rings is 1. The van der Waals surface area contributed by atoms with Crippen molar-refractivity contribution in [3.63, 3.8) is 0 Å². The first-order chi connectivity index (χ1) is 17.5. The third-order valence-electron chi connectivity index (χ3n) is 9.21. The number of carbonyl (C=O) groups is 2. The number of nitriles is 1. The smallest absolute Gasteiger partial charge is 0.242 e. The van der Waals surface area contributed by atoms with Gasteiger partial charge in [-0.1, -0.05) is 48.5 Å². The number of amides is 2. The third-order valence-corrected chi connectivity index (χ3v) is 9.21. The van der Waals surface area contributed by atoms with Gasteiger partial charge in [-0.2, -0.15) is 5.26 Å². The minimum Gasteiger partial charge on any atom is -0.326 e. The molecule has 36 heavy (non-hydrogen) atoms. The number of nitrogens with two attached hydrogens (primary N) is 1. The molecule has 0 radical (unpaired) electrons. The highest BCUT2D eigenvalue weighted by Gasteiger charge is 2.56. The summed E-state index contributed by atoms with van der Waals surface area (Å²) in [5.74, 6) is 0.472. The fourth-order valence-corrected chi connectivity index (χ4v) is 7.43. The molecule has 5 aliphatic rings. The normalized spacial score (nSPS) is 31.4. The first-order valence-corrected chi connectivity index (χ1v) is 13.2. The number of hydrogen-bond donors (Lipinski definition) is 1. The van der Waals surface area contributed by atoms with E-state index in [4.69, 9.17) is 5.73 Å². The van der Waals surface area contributed by atoms with Crippen LogP contribution in [-0.4, -0.2) is 69.8 Å². The summed E-state index contributed by atoms with van der Waals surface area (Å²) < 4.78 is 0. The van der Waals surface area contributed by atoms with Gasteiger partial charge in [-0.05, 0) is 60.3 Å². The zero-order chi connectivity index (χ0) is 24.6. The Balaban J connectivity index is 1.13. The van der Waals surface area contributed by atoms with E-state index in [9.17, 15) is 14.9 Å². The van der Waals surface area contributed by atoms with E-state index < -0.39 is 6.04 Å². The van der Waals surface area contributed by atoms with Crippen LogP contribution in [0.3, 0.4) is 0 Å². The van der Waals surface area contributed by atoms with E-state index in [0.29, 0.717) is 12.5 Å². The van der Waals surface area contributed by atoms with E-state index in [0.717, 1.165) is 38.6 Å². The predicted octanol–water partition coefficient (Wildman–Crippen LogP) is 2.00. The molecule has 7 rings (SSSR count). The molecule has 4 fully saturated rings. The lowest BCUT2D eigenvalue weighted by atomic mass is 9.92. The van der Waals surface area contributed by atoms with Crippen molar-refractivity contribution < 1.29 is 9.59 Å². The number of rotatable bonds is 4. The number of likely N-dealkylation sites (tertiary alicyclic amines) is 3. The molecule has 1 unspecified atom stereocenters. The number of nitrogens with zero attached hydrogens (tertiary/aromatic N) is 4. The summed E-state index contributed by atoms with van der Waals surface area (Å²) in [6.07, 6.45) is 4.49. The second-order valence-corrected chi connectivity index (χ2v) is 11.2. The number of piperazine rings is 1. The van der Waals surface area contributed by atoms with Crippen molar-refractivity contribution in [1.82, 2.24) is 14.7 Å². The van der Waals surface area contributed by atoms with Gasteiger partial charge < -0.3 is 15.5 Å². The molecule has 6 atom stereocenters. The van der Waals surface area contributed by atoms with Gasteiger partial charge >= 0.3 is 0 Å². The number of fused-ring (bicyclic) bond motifs is 5. The summed E-state index contributed by atoms with van der Waals surface area (Å²) in [6, 6.07) is 18.3. The van der Waals surface area contributed by atoms with Crippen molar-refractivity contribution >= 4 is 11.8 Å². The molecular weight excluding hydrogens is 450 g/mol. The first kappa shape index (κ1) is 22.0. The SMILES string of the molecule is N#C[C@@H]1CC2C[C@@H]2N1C(=O)[C@@H](N)CN1C[C@H]2C[C@@H]1C(=O)N2C1c2ccccc2CCc2ccccc21. The molecule has 0 aromatic heterocycles. The molecule has 7 nitrogen and oxygen atoms in total. The lowest BCUT2D eigenvalue weighted by Crippen LogP contribution is -2.57. The zero-order valence-corrected chi connectivity index (χ0v) is 20.3. The molecule has 2 aromatic rings. The Labute approximate surface area is 211 Å². The average Bonchev–Trinajstić information content (AvgIpc) is 3.28. The molecule has 2 N–H and O–H groups in total. The number of aryl methyl sites for hydroxylation is 2. The van der Waals surface area contributed by atoms with Crippen LogP contribution in [0.5, 0.6) is 0 Å². The maximum Gasteiger partial charge on any atom is 0.242 e. The Morgan fingerprint density at radius 3 is 2.33 bits per heavy atom. The summed E-state index contributed by atoms with van der Waals surface area (Å²) in [6.45, 7) is 1.09. The molecule has 3 saturated heterocycles. The fraction of sp³-hybridized carbons (Fsp3) is 0.483. The Bertz CT molecular complexity index is 1240. The van der Waals surface area contributed by atoms with Crippen molar-refractivity contribution in [2.75, 3.05) is 13.1 Å². The Hall–Kier alpha value is -3.21. The molecule has 2 aromatic carbocycles. The van der Waals surface area contributed by atoms with Crippen LogP contribution in [0.15, 0.2) is 48.5 Å². The van der Waals surface area contributed by atoms with Crippen LogP contribution in [0.2, 0.25) is 0 Å². The van der Waals surface area contributed by atoms with Crippen molar-refractivity contribution in [1.29, 1.82) is 5.26 Å². The maximum atomic E-state index is 13.9. The minimum atomic E-state index is -0.708. The van der Waals surface area contributed by atoms with Crippen molar-refractivity contribution in [2.24, 2.45) is 11.7 Å². The van der Waals surface area contributed by atoms with E-state index in [1.807, 2.05) is 0 Å². The summed E-state index contributed by atoms with van der Waals surface area (Å²) in [5, 5.41) is 9.48. The average molecular weight is 482 g/mol. The van der Waals surface area contributed by atoms with E-state index in [2.05, 4.69) is 64.4 Å². The van der Waals surface area contributed by atoms with Crippen molar-refractivity contribution in [2.45, 2.75) is 68.4 Å². The fourth-order valence-electron chi connectivity index (χ4n) is 7.43. The highest BCUT2D eigenvalue weighted by Crippen LogP contribution is 2.48. The lowest BCUT2D eigenvalue weighted by Gasteiger charge is -2.40. The molecule has 3 aliphatic heterocycles. The van der Waals surface area contributed by atoms with Gasteiger partial charge in [0, 0.05) is 25.2 Å². The third kappa shape index (κ3) is 3.24. The highest BCUT2D eigenvalue weighted by molar-refractivity contribution is 5.87. The van der Waals surface area contributed by atoms with Gasteiger partial charge in [-0.15, -0.1) is 0 Å². The predicted molar refractivity (Wildman–Crippen MR) is 133 cm³/mol. The van der Waals surface area contributed by atoms with Crippen LogP contribution >= 0.6 is 0 Å². The number of carbonyl (C=O) groups excluding carboxylic acids is 2. The van der Waals surface area contributed by atoms with Crippen LogP contribution in [0.1, 0.15) is 47.6 Å². The molecule has 7 heteroatoms. The van der Waals surface area contributed by atoms with Crippen LogP contribution in [0, 0.1) is 17.2 Å². The Morgan fingerprint density at radius 1 is 1.03 bits per heavy atom. The second kappa shape index (κ2) is 8.16. The van der Waals surface area contributed by atoms with Gasteiger partial charge in [-0.25, -0.2) is 0 Å². The Morgan fingerprint density at radius 2 is 1.69 bits per heavy atom. The van der Waals surface area contributed by atoms with E-state index >= 15 is 0 Å². The molecule has 1 saturated carbocycles. The minimum absolute atomic E-state index is 0.0763. The van der Waals surface area contributed by atoms with E-state index in [1.54, 1.807) is 4.90 Å². The monoisotopic (exact) mass is 481 g/mol. The van der Waals surface area contributed by atoms with Gasteiger partial charge in [0.05, 0.1) is 24.2 Å². The van der Waals surface area contributed by atoms with Gasteiger partial charge in [0.2, 0.25) is 11.8 Å². The summed E-state index contributed by atoms with van der Waals surface area (Å²) in [4.78, 5) is 33.0. The van der Waals surface area contributed by atoms with Crippen LogP contribution in [-0.2, 0) is 22.4 Å². The molecule has 2 bridgehead atoms. The van der Waals surface area contributed by atoms with E-state index in [1.165, 1.54) is 22.3 Å². The molecule has 184 valence electrons. The van der Waals surface area contributed by atoms with Crippen LogP contribution in [0.25, 0.3) is 0 Å².